The number of nitrogens with zero attached hydrogens (tertiary/aromatic N) is 1. The first-order valence-electron chi connectivity index (χ1n) is 8.51. The number of nitrogens with two attached hydrogens (primary N) is 1. The maximum Gasteiger partial charge on any atom is 0.0472 e. The van der Waals surface area contributed by atoms with Gasteiger partial charge < -0.3 is 5.73 Å². The van der Waals surface area contributed by atoms with Gasteiger partial charge in [0.2, 0.25) is 0 Å². The molecule has 2 N–H and O–H groups in total. The molecule has 1 aliphatic rings. The number of hydrogen-bond acceptors (Lipinski definition) is 2. The Morgan fingerprint density at radius 2 is 1.67 bits per heavy atom. The van der Waals surface area contributed by atoms with Crippen LogP contribution < -0.4 is 5.73 Å². The summed E-state index contributed by atoms with van der Waals surface area (Å²) in [5.74, 6) is 0.865. The van der Waals surface area contributed by atoms with Crippen molar-refractivity contribution in [2.45, 2.75) is 58.9 Å². The number of hydrogen-bond donors (Lipinski definition) is 1. The van der Waals surface area contributed by atoms with Crippen molar-refractivity contribution >= 4 is 0 Å². The Labute approximate surface area is 130 Å². The van der Waals surface area contributed by atoms with E-state index in [1.165, 1.54) is 60.9 Å². The third-order valence-electron chi connectivity index (χ3n) is 5.10. The van der Waals surface area contributed by atoms with Gasteiger partial charge in [0, 0.05) is 19.1 Å². The van der Waals surface area contributed by atoms with Crippen LogP contribution in [0.1, 0.15) is 60.4 Å². The maximum absolute atomic E-state index is 6.14. The lowest BCUT2D eigenvalue weighted by molar-refractivity contribution is 0.185. The molecule has 2 nitrogen and oxygen atoms in total. The van der Waals surface area contributed by atoms with E-state index in [1.54, 1.807) is 0 Å². The fourth-order valence-electron chi connectivity index (χ4n) is 4.14. The molecule has 0 heterocycles. The molecule has 1 atom stereocenters. The van der Waals surface area contributed by atoms with Crippen LogP contribution in [-0.2, 0) is 0 Å². The minimum atomic E-state index is 0.354. The second kappa shape index (κ2) is 7.42. The molecule has 0 bridgehead atoms. The standard InChI is InChI=1S/C19H32N2/c1-14-10-15(2)19(16(3)11-14)18(12-20)21(4)13-17-8-6-5-7-9-17/h10-11,17-18H,5-9,12-13,20H2,1-4H3. The fourth-order valence-corrected chi connectivity index (χ4v) is 4.14. The van der Waals surface area contributed by atoms with Crippen LogP contribution in [0.15, 0.2) is 12.1 Å². The van der Waals surface area contributed by atoms with Crippen molar-refractivity contribution in [2.24, 2.45) is 11.7 Å². The van der Waals surface area contributed by atoms with Gasteiger partial charge in [-0.25, -0.2) is 0 Å². The van der Waals surface area contributed by atoms with Crippen molar-refractivity contribution in [3.63, 3.8) is 0 Å². The average molecular weight is 288 g/mol. The number of aryl methyl sites for hydroxylation is 3. The minimum absolute atomic E-state index is 0.354. The van der Waals surface area contributed by atoms with Crippen molar-refractivity contribution in [2.75, 3.05) is 20.1 Å². The molecule has 0 aromatic heterocycles. The summed E-state index contributed by atoms with van der Waals surface area (Å²) in [7, 11) is 2.25. The highest BCUT2D eigenvalue weighted by Gasteiger charge is 2.23. The largest absolute Gasteiger partial charge is 0.329 e. The zero-order valence-electron chi connectivity index (χ0n) is 14.3. The predicted octanol–water partition coefficient (Wildman–Crippen LogP) is 4.12. The molecule has 2 heteroatoms. The lowest BCUT2D eigenvalue weighted by Crippen LogP contribution is -2.35. The van der Waals surface area contributed by atoms with Crippen LogP contribution in [0.5, 0.6) is 0 Å². The molecule has 21 heavy (non-hydrogen) atoms. The first-order chi connectivity index (χ1) is 10.0. The zero-order valence-corrected chi connectivity index (χ0v) is 14.3. The second-order valence-electron chi connectivity index (χ2n) is 7.01. The van der Waals surface area contributed by atoms with Crippen LogP contribution in [0, 0.1) is 26.7 Å². The van der Waals surface area contributed by atoms with Gasteiger partial charge in [-0.2, -0.15) is 0 Å². The lowest BCUT2D eigenvalue weighted by atomic mass is 9.87. The summed E-state index contributed by atoms with van der Waals surface area (Å²) in [5, 5.41) is 0. The van der Waals surface area contributed by atoms with E-state index in [0.717, 1.165) is 5.92 Å². The molecular weight excluding hydrogens is 256 g/mol. The van der Waals surface area contributed by atoms with E-state index in [2.05, 4.69) is 44.9 Å². The highest BCUT2D eigenvalue weighted by molar-refractivity contribution is 5.39. The first kappa shape index (κ1) is 16.5. The summed E-state index contributed by atoms with van der Waals surface area (Å²) in [6.07, 6.45) is 7.04. The van der Waals surface area contributed by atoms with Crippen molar-refractivity contribution in [3.05, 3.63) is 34.4 Å². The molecule has 118 valence electrons. The van der Waals surface area contributed by atoms with Gasteiger partial charge in [0.05, 0.1) is 0 Å². The average Bonchev–Trinajstić information content (AvgIpc) is 2.43. The third-order valence-corrected chi connectivity index (χ3v) is 5.10. The Morgan fingerprint density at radius 1 is 1.10 bits per heavy atom. The Hall–Kier alpha value is -0.860. The molecule has 1 saturated carbocycles. The highest BCUT2D eigenvalue weighted by Crippen LogP contribution is 2.30. The first-order valence-corrected chi connectivity index (χ1v) is 8.51. The molecule has 1 aromatic carbocycles. The van der Waals surface area contributed by atoms with Gasteiger partial charge in [0.25, 0.3) is 0 Å². The van der Waals surface area contributed by atoms with Gasteiger partial charge in [-0.1, -0.05) is 37.0 Å². The molecule has 0 amide bonds. The van der Waals surface area contributed by atoms with E-state index in [4.69, 9.17) is 5.73 Å². The summed E-state index contributed by atoms with van der Waals surface area (Å²) in [4.78, 5) is 2.50. The topological polar surface area (TPSA) is 29.3 Å². The van der Waals surface area contributed by atoms with Crippen LogP contribution in [0.25, 0.3) is 0 Å². The molecule has 1 unspecified atom stereocenters. The quantitative estimate of drug-likeness (QED) is 0.883. The van der Waals surface area contributed by atoms with Crippen molar-refractivity contribution < 1.29 is 0 Å². The predicted molar refractivity (Wildman–Crippen MR) is 91.7 cm³/mol. The number of likely N-dealkylation sites (N-methyl/N-ethyl adjacent to an activating group) is 1. The van der Waals surface area contributed by atoms with Gasteiger partial charge in [-0.3, -0.25) is 4.90 Å². The third kappa shape index (κ3) is 4.08. The molecule has 1 fully saturated rings. The summed E-state index contributed by atoms with van der Waals surface area (Å²) < 4.78 is 0. The minimum Gasteiger partial charge on any atom is -0.329 e. The van der Waals surface area contributed by atoms with E-state index in [9.17, 15) is 0 Å². The van der Waals surface area contributed by atoms with E-state index in [1.807, 2.05) is 0 Å². The summed E-state index contributed by atoms with van der Waals surface area (Å²) >= 11 is 0. The molecule has 0 spiro atoms. The SMILES string of the molecule is Cc1cc(C)c(C(CN)N(C)CC2CCCCC2)c(C)c1. The van der Waals surface area contributed by atoms with Crippen LogP contribution in [0.2, 0.25) is 0 Å². The zero-order chi connectivity index (χ0) is 15.4. The smallest absolute Gasteiger partial charge is 0.0472 e. The second-order valence-corrected chi connectivity index (χ2v) is 7.01. The Balaban J connectivity index is 2.14. The van der Waals surface area contributed by atoms with Crippen molar-refractivity contribution in [1.82, 2.24) is 4.90 Å². The van der Waals surface area contributed by atoms with Gasteiger partial charge in [0.15, 0.2) is 0 Å². The normalized spacial score (nSPS) is 18.2. The molecule has 0 radical (unpaired) electrons. The van der Waals surface area contributed by atoms with Crippen LogP contribution >= 0.6 is 0 Å². The summed E-state index contributed by atoms with van der Waals surface area (Å²) in [5.41, 5.74) is 11.7. The molecule has 0 aliphatic heterocycles. The molecular formula is C19H32N2. The van der Waals surface area contributed by atoms with Gasteiger partial charge in [-0.15, -0.1) is 0 Å². The van der Waals surface area contributed by atoms with Crippen LogP contribution in [0.4, 0.5) is 0 Å². The highest BCUT2D eigenvalue weighted by atomic mass is 15.1. The van der Waals surface area contributed by atoms with Crippen molar-refractivity contribution in [3.8, 4) is 0 Å². The molecule has 1 aromatic rings. The fraction of sp³-hybridized carbons (Fsp3) is 0.684. The van der Waals surface area contributed by atoms with E-state index < -0.39 is 0 Å². The molecule has 2 rings (SSSR count). The lowest BCUT2D eigenvalue weighted by Gasteiger charge is -2.34. The van der Waals surface area contributed by atoms with E-state index >= 15 is 0 Å². The Morgan fingerprint density at radius 3 is 2.19 bits per heavy atom. The van der Waals surface area contributed by atoms with Crippen LogP contribution in [-0.4, -0.2) is 25.0 Å². The van der Waals surface area contributed by atoms with Gasteiger partial charge in [0.1, 0.15) is 0 Å². The van der Waals surface area contributed by atoms with Crippen molar-refractivity contribution in [1.29, 1.82) is 0 Å². The molecule has 0 saturated heterocycles. The van der Waals surface area contributed by atoms with E-state index in [0.29, 0.717) is 12.6 Å². The summed E-state index contributed by atoms with van der Waals surface area (Å²) in [6.45, 7) is 8.52. The molecule has 1 aliphatic carbocycles. The Bertz CT molecular complexity index is 438. The number of rotatable bonds is 5. The monoisotopic (exact) mass is 288 g/mol. The van der Waals surface area contributed by atoms with E-state index in [-0.39, 0.29) is 0 Å². The van der Waals surface area contributed by atoms with Crippen LogP contribution in [0.3, 0.4) is 0 Å². The maximum atomic E-state index is 6.14. The summed E-state index contributed by atoms with van der Waals surface area (Å²) in [6, 6.07) is 4.94. The van der Waals surface area contributed by atoms with Gasteiger partial charge in [-0.05, 0) is 63.3 Å². The number of benzene rings is 1. The van der Waals surface area contributed by atoms with Gasteiger partial charge >= 0.3 is 0 Å². The Kier molecular flexibility index (Phi) is 5.83.